The van der Waals surface area contributed by atoms with Gasteiger partial charge in [-0.1, -0.05) is 18.2 Å². The molecule has 2 N–H and O–H groups in total. The lowest BCUT2D eigenvalue weighted by atomic mass is 10.0. The van der Waals surface area contributed by atoms with Gasteiger partial charge in [-0.15, -0.1) is 0 Å². The number of nitrogens with one attached hydrogen (secondary N) is 1. The number of pyridine rings is 1. The number of aliphatic hydroxyl groups excluding tert-OH is 1. The van der Waals surface area contributed by atoms with Crippen LogP contribution in [-0.4, -0.2) is 29.7 Å². The maximum absolute atomic E-state index is 11.5. The zero-order chi connectivity index (χ0) is 14.4. The van der Waals surface area contributed by atoms with Gasteiger partial charge in [-0.2, -0.15) is 0 Å². The number of aromatic nitrogens is 1. The van der Waals surface area contributed by atoms with Crippen molar-refractivity contribution < 1.29 is 9.90 Å². The fraction of sp³-hybridized carbons (Fsp3) is 0.250. The first-order chi connectivity index (χ1) is 9.74. The first-order valence-electron chi connectivity index (χ1n) is 6.63. The zero-order valence-electron chi connectivity index (χ0n) is 11.5. The molecule has 0 unspecified atom stereocenters. The lowest BCUT2D eigenvalue weighted by molar-refractivity contribution is 0.0963. The first kappa shape index (κ1) is 14.2. The lowest BCUT2D eigenvalue weighted by Gasteiger charge is -2.05. The van der Waals surface area contributed by atoms with Crippen molar-refractivity contribution in [2.24, 2.45) is 0 Å². The molecule has 4 nitrogen and oxygen atoms in total. The first-order valence-corrected chi connectivity index (χ1v) is 6.63. The Morgan fingerprint density at radius 2 is 1.85 bits per heavy atom. The summed E-state index contributed by atoms with van der Waals surface area (Å²) in [6.45, 7) is 0.185. The molecule has 1 amide bonds. The third kappa shape index (κ3) is 3.42. The number of aryl methyl sites for hydroxylation is 1. The van der Waals surface area contributed by atoms with Crippen molar-refractivity contribution in [2.75, 3.05) is 13.7 Å². The van der Waals surface area contributed by atoms with E-state index in [4.69, 9.17) is 5.11 Å². The van der Waals surface area contributed by atoms with Gasteiger partial charge in [-0.05, 0) is 36.6 Å². The molecule has 4 heteroatoms. The SMILES string of the molecule is CNC(=O)c1ccc(-c2ccc(CCCO)nc2)cc1. The van der Waals surface area contributed by atoms with Crippen LogP contribution in [-0.2, 0) is 6.42 Å². The Hall–Kier alpha value is -2.20. The molecular formula is C16H18N2O2. The summed E-state index contributed by atoms with van der Waals surface area (Å²) in [6.07, 6.45) is 3.33. The van der Waals surface area contributed by atoms with Crippen LogP contribution in [0.5, 0.6) is 0 Å². The van der Waals surface area contributed by atoms with Crippen LogP contribution < -0.4 is 5.32 Å². The summed E-state index contributed by atoms with van der Waals surface area (Å²) < 4.78 is 0. The van der Waals surface area contributed by atoms with Crippen molar-refractivity contribution in [3.8, 4) is 11.1 Å². The van der Waals surface area contributed by atoms with E-state index in [1.54, 1.807) is 19.2 Å². The molecule has 20 heavy (non-hydrogen) atoms. The van der Waals surface area contributed by atoms with Gasteiger partial charge in [0.25, 0.3) is 5.91 Å². The topological polar surface area (TPSA) is 62.2 Å². The zero-order valence-corrected chi connectivity index (χ0v) is 11.5. The molecule has 1 aromatic heterocycles. The average Bonchev–Trinajstić information content (AvgIpc) is 2.53. The molecule has 0 saturated carbocycles. The van der Waals surface area contributed by atoms with Gasteiger partial charge >= 0.3 is 0 Å². The lowest BCUT2D eigenvalue weighted by Crippen LogP contribution is -2.17. The molecule has 0 aliphatic heterocycles. The van der Waals surface area contributed by atoms with E-state index < -0.39 is 0 Å². The Labute approximate surface area is 118 Å². The standard InChI is InChI=1S/C16H18N2O2/c1-17-16(20)13-6-4-12(5-7-13)14-8-9-15(18-11-14)3-2-10-19/h4-9,11,19H,2-3,10H2,1H3,(H,17,20). The number of rotatable bonds is 5. The van der Waals surface area contributed by atoms with Gasteiger partial charge in [0, 0.05) is 36.7 Å². The number of nitrogens with zero attached hydrogens (tertiary/aromatic N) is 1. The van der Waals surface area contributed by atoms with E-state index in [0.717, 1.165) is 29.7 Å². The molecule has 2 rings (SSSR count). The largest absolute Gasteiger partial charge is 0.396 e. The molecule has 0 atom stereocenters. The van der Waals surface area contributed by atoms with Crippen LogP contribution in [0.25, 0.3) is 11.1 Å². The molecular weight excluding hydrogens is 252 g/mol. The summed E-state index contributed by atoms with van der Waals surface area (Å²) >= 11 is 0. The van der Waals surface area contributed by atoms with Crippen molar-refractivity contribution >= 4 is 5.91 Å². The van der Waals surface area contributed by atoms with Gasteiger partial charge in [-0.25, -0.2) is 0 Å². The highest BCUT2D eigenvalue weighted by atomic mass is 16.2. The second-order valence-corrected chi connectivity index (χ2v) is 4.52. The highest BCUT2D eigenvalue weighted by molar-refractivity contribution is 5.94. The van der Waals surface area contributed by atoms with Gasteiger partial charge in [0.2, 0.25) is 0 Å². The Bertz CT molecular complexity index is 562. The third-order valence-corrected chi connectivity index (χ3v) is 3.12. The number of benzene rings is 1. The van der Waals surface area contributed by atoms with Crippen LogP contribution in [0.2, 0.25) is 0 Å². The predicted molar refractivity (Wildman–Crippen MR) is 78.5 cm³/mol. The van der Waals surface area contributed by atoms with Crippen LogP contribution >= 0.6 is 0 Å². The minimum Gasteiger partial charge on any atom is -0.396 e. The van der Waals surface area contributed by atoms with Gasteiger partial charge in [0.15, 0.2) is 0 Å². The van der Waals surface area contributed by atoms with Gasteiger partial charge in [0.1, 0.15) is 0 Å². The van der Waals surface area contributed by atoms with E-state index in [-0.39, 0.29) is 12.5 Å². The molecule has 0 aliphatic carbocycles. The predicted octanol–water partition coefficient (Wildman–Crippen LogP) is 2.03. The van der Waals surface area contributed by atoms with Gasteiger partial charge in [-0.3, -0.25) is 9.78 Å². The van der Waals surface area contributed by atoms with E-state index in [0.29, 0.717) is 5.56 Å². The van der Waals surface area contributed by atoms with Gasteiger partial charge < -0.3 is 10.4 Å². The smallest absolute Gasteiger partial charge is 0.251 e. The van der Waals surface area contributed by atoms with Crippen LogP contribution in [0.3, 0.4) is 0 Å². The van der Waals surface area contributed by atoms with Crippen molar-refractivity contribution in [1.82, 2.24) is 10.3 Å². The van der Waals surface area contributed by atoms with E-state index in [1.807, 2.05) is 30.5 Å². The summed E-state index contributed by atoms with van der Waals surface area (Å²) in [7, 11) is 1.62. The van der Waals surface area contributed by atoms with E-state index in [9.17, 15) is 4.79 Å². The molecule has 1 aromatic carbocycles. The molecule has 0 fully saturated rings. The number of aliphatic hydroxyl groups is 1. The van der Waals surface area contributed by atoms with E-state index >= 15 is 0 Å². The van der Waals surface area contributed by atoms with E-state index in [1.165, 1.54) is 0 Å². The molecule has 1 heterocycles. The number of carbonyl (C=O) groups is 1. The quantitative estimate of drug-likeness (QED) is 0.874. The summed E-state index contributed by atoms with van der Waals surface area (Å²) in [5.74, 6) is -0.0889. The minimum absolute atomic E-state index is 0.0889. The van der Waals surface area contributed by atoms with Crippen molar-refractivity contribution in [3.63, 3.8) is 0 Å². The monoisotopic (exact) mass is 270 g/mol. The van der Waals surface area contributed by atoms with E-state index in [2.05, 4.69) is 10.3 Å². The average molecular weight is 270 g/mol. The number of hydrogen-bond acceptors (Lipinski definition) is 3. The molecule has 104 valence electrons. The number of carbonyl (C=O) groups excluding carboxylic acids is 1. The summed E-state index contributed by atoms with van der Waals surface area (Å²) in [4.78, 5) is 15.8. The van der Waals surface area contributed by atoms with Crippen LogP contribution in [0.15, 0.2) is 42.6 Å². The number of hydrogen-bond donors (Lipinski definition) is 2. The van der Waals surface area contributed by atoms with Gasteiger partial charge in [0.05, 0.1) is 0 Å². The van der Waals surface area contributed by atoms with Crippen LogP contribution in [0, 0.1) is 0 Å². The molecule has 0 bridgehead atoms. The second kappa shape index (κ2) is 6.82. The summed E-state index contributed by atoms with van der Waals surface area (Å²) in [5, 5.41) is 11.4. The number of amides is 1. The molecule has 0 aliphatic rings. The summed E-state index contributed by atoms with van der Waals surface area (Å²) in [6, 6.07) is 11.4. The Morgan fingerprint density at radius 3 is 2.40 bits per heavy atom. The Balaban J connectivity index is 2.13. The normalized spacial score (nSPS) is 10.3. The molecule has 0 saturated heterocycles. The highest BCUT2D eigenvalue weighted by Crippen LogP contribution is 2.19. The van der Waals surface area contributed by atoms with Crippen LogP contribution in [0.4, 0.5) is 0 Å². The maximum atomic E-state index is 11.5. The molecule has 0 spiro atoms. The Kier molecular flexibility index (Phi) is 4.85. The van der Waals surface area contributed by atoms with Crippen molar-refractivity contribution in [1.29, 1.82) is 0 Å². The second-order valence-electron chi connectivity index (χ2n) is 4.52. The summed E-state index contributed by atoms with van der Waals surface area (Å²) in [5.41, 5.74) is 3.66. The van der Waals surface area contributed by atoms with Crippen molar-refractivity contribution in [2.45, 2.75) is 12.8 Å². The maximum Gasteiger partial charge on any atom is 0.251 e. The minimum atomic E-state index is -0.0889. The molecule has 2 aromatic rings. The third-order valence-electron chi connectivity index (χ3n) is 3.12. The molecule has 0 radical (unpaired) electrons. The fourth-order valence-electron chi connectivity index (χ4n) is 1.96. The fourth-order valence-corrected chi connectivity index (χ4v) is 1.96. The highest BCUT2D eigenvalue weighted by Gasteiger charge is 2.04. The Morgan fingerprint density at radius 1 is 1.15 bits per heavy atom. The van der Waals surface area contributed by atoms with Crippen molar-refractivity contribution in [3.05, 3.63) is 53.9 Å². The van der Waals surface area contributed by atoms with Crippen LogP contribution in [0.1, 0.15) is 22.5 Å².